The molecule has 0 radical (unpaired) electrons. The summed E-state index contributed by atoms with van der Waals surface area (Å²) < 4.78 is 17.7. The van der Waals surface area contributed by atoms with Crippen molar-refractivity contribution in [2.45, 2.75) is 52.2 Å². The third kappa shape index (κ3) is 5.40. The largest absolute Gasteiger partial charge is 0.497 e. The molecule has 1 aliphatic rings. The smallest absolute Gasteiger partial charge is 0.232 e. The summed E-state index contributed by atoms with van der Waals surface area (Å²) >= 11 is 6.20. The molecule has 184 valence electrons. The van der Waals surface area contributed by atoms with Crippen LogP contribution in [0.2, 0.25) is 5.02 Å². The molecule has 0 saturated heterocycles. The van der Waals surface area contributed by atoms with E-state index in [4.69, 9.17) is 25.8 Å². The van der Waals surface area contributed by atoms with Crippen LogP contribution in [0.25, 0.3) is 0 Å². The number of ether oxygens (including phenoxy) is 3. The van der Waals surface area contributed by atoms with Crippen molar-refractivity contribution in [3.05, 3.63) is 82.4 Å². The number of amides is 1. The van der Waals surface area contributed by atoms with Crippen LogP contribution in [0.15, 0.2) is 60.7 Å². The van der Waals surface area contributed by atoms with Crippen molar-refractivity contribution in [1.29, 1.82) is 0 Å². The predicted octanol–water partition coefficient (Wildman–Crippen LogP) is 6.99. The Bertz CT molecular complexity index is 1160. The number of hydrogen-bond donors (Lipinski definition) is 0. The molecule has 3 aromatic rings. The van der Waals surface area contributed by atoms with Gasteiger partial charge in [0.2, 0.25) is 5.91 Å². The summed E-state index contributed by atoms with van der Waals surface area (Å²) in [5, 5.41) is 0.649. The van der Waals surface area contributed by atoms with Crippen LogP contribution in [0.3, 0.4) is 0 Å². The Morgan fingerprint density at radius 2 is 1.74 bits per heavy atom. The number of carbonyl (C=O) groups is 1. The van der Waals surface area contributed by atoms with Gasteiger partial charge in [0.05, 0.1) is 32.3 Å². The highest BCUT2D eigenvalue weighted by Crippen LogP contribution is 2.44. The quantitative estimate of drug-likeness (QED) is 0.322. The number of methoxy groups -OCH3 is 1. The molecule has 0 aliphatic carbocycles. The van der Waals surface area contributed by atoms with Crippen LogP contribution in [-0.2, 0) is 11.2 Å². The van der Waals surface area contributed by atoms with E-state index in [-0.39, 0.29) is 24.5 Å². The van der Waals surface area contributed by atoms with Gasteiger partial charge in [-0.1, -0.05) is 37.6 Å². The summed E-state index contributed by atoms with van der Waals surface area (Å²) in [4.78, 5) is 15.4. The summed E-state index contributed by atoms with van der Waals surface area (Å²) in [6.45, 7) is 6.80. The van der Waals surface area contributed by atoms with Gasteiger partial charge in [-0.3, -0.25) is 4.79 Å². The fraction of sp³-hybridized carbons (Fsp3) is 0.345. The number of fused-ring (bicyclic) bond motifs is 1. The molecule has 4 rings (SSSR count). The second-order valence-corrected chi connectivity index (χ2v) is 9.21. The zero-order valence-electron chi connectivity index (χ0n) is 20.7. The number of nitrogens with zero attached hydrogens (tertiary/aromatic N) is 1. The van der Waals surface area contributed by atoms with E-state index in [0.717, 1.165) is 41.0 Å². The van der Waals surface area contributed by atoms with Crippen molar-refractivity contribution in [2.75, 3.05) is 18.6 Å². The minimum absolute atomic E-state index is 0.0136. The molecule has 35 heavy (non-hydrogen) atoms. The maximum absolute atomic E-state index is 13.6. The Labute approximate surface area is 212 Å². The molecule has 0 N–H and O–H groups in total. The second-order valence-electron chi connectivity index (χ2n) is 8.78. The van der Waals surface area contributed by atoms with Crippen LogP contribution in [-0.4, -0.2) is 25.7 Å². The first-order valence-electron chi connectivity index (χ1n) is 12.1. The van der Waals surface area contributed by atoms with Gasteiger partial charge >= 0.3 is 0 Å². The van der Waals surface area contributed by atoms with Crippen LogP contribution in [0.5, 0.6) is 17.2 Å². The zero-order chi connectivity index (χ0) is 24.9. The number of anilines is 1. The number of carbonyl (C=O) groups excluding carboxylic acids is 1. The highest BCUT2D eigenvalue weighted by atomic mass is 35.5. The molecule has 3 aromatic carbocycles. The summed E-state index contributed by atoms with van der Waals surface area (Å²) in [6.07, 6.45) is 2.07. The van der Waals surface area contributed by atoms with Crippen molar-refractivity contribution in [2.24, 2.45) is 0 Å². The maximum Gasteiger partial charge on any atom is 0.232 e. The predicted molar refractivity (Wildman–Crippen MR) is 140 cm³/mol. The summed E-state index contributed by atoms with van der Waals surface area (Å²) in [5.41, 5.74) is 3.74. The summed E-state index contributed by atoms with van der Waals surface area (Å²) in [5.74, 6) is 2.14. The topological polar surface area (TPSA) is 48.0 Å². The van der Waals surface area contributed by atoms with E-state index >= 15 is 0 Å². The number of halogens is 1. The minimum Gasteiger partial charge on any atom is -0.497 e. The van der Waals surface area contributed by atoms with Gasteiger partial charge in [-0.25, -0.2) is 0 Å². The molecule has 1 aliphatic heterocycles. The fourth-order valence-electron chi connectivity index (χ4n) is 4.28. The molecule has 1 heterocycles. The number of hydrogen-bond acceptors (Lipinski definition) is 4. The Kier molecular flexibility index (Phi) is 7.86. The summed E-state index contributed by atoms with van der Waals surface area (Å²) in [6, 6.07) is 18.9. The highest BCUT2D eigenvalue weighted by Gasteiger charge is 2.36. The van der Waals surface area contributed by atoms with E-state index in [1.54, 1.807) is 7.11 Å². The van der Waals surface area contributed by atoms with Gasteiger partial charge in [0, 0.05) is 10.7 Å². The molecule has 0 bridgehead atoms. The lowest BCUT2D eigenvalue weighted by Crippen LogP contribution is -2.41. The normalized spacial score (nSPS) is 16.0. The van der Waals surface area contributed by atoms with Gasteiger partial charge in [-0.2, -0.15) is 0 Å². The molecule has 0 fully saturated rings. The van der Waals surface area contributed by atoms with Crippen LogP contribution < -0.4 is 19.1 Å². The molecule has 0 saturated carbocycles. The minimum atomic E-state index is -0.337. The highest BCUT2D eigenvalue weighted by molar-refractivity contribution is 6.30. The van der Waals surface area contributed by atoms with Gasteiger partial charge < -0.3 is 19.1 Å². The molecule has 2 atom stereocenters. The van der Waals surface area contributed by atoms with E-state index in [9.17, 15) is 4.79 Å². The Morgan fingerprint density at radius 3 is 2.37 bits per heavy atom. The van der Waals surface area contributed by atoms with Gasteiger partial charge in [0.25, 0.3) is 0 Å². The third-order valence-corrected chi connectivity index (χ3v) is 6.52. The van der Waals surface area contributed by atoms with Crippen LogP contribution in [0.1, 0.15) is 56.3 Å². The second kappa shape index (κ2) is 11.0. The molecule has 0 aromatic heterocycles. The Balaban J connectivity index is 1.88. The lowest BCUT2D eigenvalue weighted by atomic mass is 9.86. The monoisotopic (exact) mass is 493 g/mol. The standard InChI is InChI=1S/C29H32ClNO4/c1-5-15-34-26-16-21-17-28(32)31(23-11-13-24(33-4)14-12-23)29(20-7-9-22(30)10-8-20)25(21)18-27(26)35-19(3)6-2/h7-14,16,18-19,29H,5-6,15,17H2,1-4H3. The Hall–Kier alpha value is -3.18. The van der Waals surface area contributed by atoms with Crippen LogP contribution in [0.4, 0.5) is 5.69 Å². The first-order valence-corrected chi connectivity index (χ1v) is 12.5. The van der Waals surface area contributed by atoms with Gasteiger partial charge in [0.15, 0.2) is 11.5 Å². The Morgan fingerprint density at radius 1 is 1.03 bits per heavy atom. The van der Waals surface area contributed by atoms with Crippen LogP contribution >= 0.6 is 11.6 Å². The average molecular weight is 494 g/mol. The van der Waals surface area contributed by atoms with Crippen molar-refractivity contribution >= 4 is 23.2 Å². The zero-order valence-corrected chi connectivity index (χ0v) is 21.5. The molecule has 1 amide bonds. The van der Waals surface area contributed by atoms with E-state index in [0.29, 0.717) is 23.1 Å². The molecular formula is C29H32ClNO4. The van der Waals surface area contributed by atoms with E-state index in [1.807, 2.05) is 66.4 Å². The molecule has 6 heteroatoms. The average Bonchev–Trinajstić information content (AvgIpc) is 2.87. The first kappa shape index (κ1) is 24.9. The van der Waals surface area contributed by atoms with E-state index < -0.39 is 0 Å². The van der Waals surface area contributed by atoms with Gasteiger partial charge in [-0.15, -0.1) is 0 Å². The van der Waals surface area contributed by atoms with Crippen molar-refractivity contribution < 1.29 is 19.0 Å². The molecule has 2 unspecified atom stereocenters. The SMILES string of the molecule is CCCOc1cc2c(cc1OC(C)CC)C(c1ccc(Cl)cc1)N(c1ccc(OC)cc1)C(=O)C2. The van der Waals surface area contributed by atoms with Crippen LogP contribution in [0, 0.1) is 0 Å². The summed E-state index contributed by atoms with van der Waals surface area (Å²) in [7, 11) is 1.63. The molecule has 0 spiro atoms. The lowest BCUT2D eigenvalue weighted by Gasteiger charge is -2.38. The number of benzene rings is 3. The van der Waals surface area contributed by atoms with Crippen molar-refractivity contribution in [1.82, 2.24) is 0 Å². The van der Waals surface area contributed by atoms with E-state index in [2.05, 4.69) is 19.9 Å². The van der Waals surface area contributed by atoms with Crippen molar-refractivity contribution in [3.8, 4) is 17.2 Å². The fourth-order valence-corrected chi connectivity index (χ4v) is 4.41. The van der Waals surface area contributed by atoms with E-state index in [1.165, 1.54) is 0 Å². The van der Waals surface area contributed by atoms with Gasteiger partial charge in [-0.05, 0) is 85.0 Å². The molecule has 5 nitrogen and oxygen atoms in total. The molecular weight excluding hydrogens is 462 g/mol. The third-order valence-electron chi connectivity index (χ3n) is 6.27. The number of rotatable bonds is 9. The first-order chi connectivity index (χ1) is 16.9. The lowest BCUT2D eigenvalue weighted by molar-refractivity contribution is -0.118. The van der Waals surface area contributed by atoms with Gasteiger partial charge in [0.1, 0.15) is 5.75 Å². The van der Waals surface area contributed by atoms with Crippen molar-refractivity contribution in [3.63, 3.8) is 0 Å². The maximum atomic E-state index is 13.6.